The van der Waals surface area contributed by atoms with Gasteiger partial charge in [-0.2, -0.15) is 0 Å². The van der Waals surface area contributed by atoms with Gasteiger partial charge in [0.25, 0.3) is 5.69 Å². The zero-order valence-electron chi connectivity index (χ0n) is 11.7. The lowest BCUT2D eigenvalue weighted by molar-refractivity contribution is -0.384. The fourth-order valence-corrected chi connectivity index (χ4v) is 2.13. The minimum Gasteiger partial charge on any atom is -0.324 e. The molecule has 0 spiro atoms. The number of aryl methyl sites for hydroxylation is 1. The van der Waals surface area contributed by atoms with Crippen LogP contribution in [0.5, 0.6) is 0 Å². The summed E-state index contributed by atoms with van der Waals surface area (Å²) in [6.45, 7) is 2.85. The number of nitrogens with zero attached hydrogens (tertiary/aromatic N) is 3. The molecule has 0 fully saturated rings. The summed E-state index contributed by atoms with van der Waals surface area (Å²) >= 11 is 0. The molecule has 0 saturated carbocycles. The van der Waals surface area contributed by atoms with E-state index in [1.165, 1.54) is 22.8 Å². The number of nitrogen functional groups attached to an aromatic ring is 1. The topological polar surface area (TPSA) is 108 Å². The average Bonchev–Trinajstić information content (AvgIpc) is 2.80. The lowest BCUT2D eigenvalue weighted by Gasteiger charge is -2.09. The number of nitro groups is 1. The third-order valence-corrected chi connectivity index (χ3v) is 3.18. The third-order valence-electron chi connectivity index (χ3n) is 3.18. The minimum absolute atomic E-state index is 0.0370. The predicted molar refractivity (Wildman–Crippen MR) is 79.0 cm³/mol. The van der Waals surface area contributed by atoms with Gasteiger partial charge in [-0.1, -0.05) is 6.92 Å². The maximum Gasteiger partial charge on any atom is 0.328 e. The maximum absolute atomic E-state index is 12.1. The van der Waals surface area contributed by atoms with E-state index >= 15 is 0 Å². The van der Waals surface area contributed by atoms with Gasteiger partial charge in [0.05, 0.1) is 17.2 Å². The van der Waals surface area contributed by atoms with Crippen LogP contribution in [0.4, 0.5) is 11.4 Å². The molecule has 3 N–H and O–H groups in total. The first-order valence-corrected chi connectivity index (χ1v) is 6.56. The number of non-ortho nitro benzene ring substituents is 1. The summed E-state index contributed by atoms with van der Waals surface area (Å²) in [5, 5.41) is 10.8. The van der Waals surface area contributed by atoms with Gasteiger partial charge in [-0.25, -0.2) is 4.79 Å². The molecule has 2 rings (SSSR count). The number of hydrogen-bond donors (Lipinski definition) is 2. The average molecular weight is 291 g/mol. The van der Waals surface area contributed by atoms with Crippen molar-refractivity contribution < 1.29 is 4.92 Å². The van der Waals surface area contributed by atoms with Gasteiger partial charge in [-0.15, -0.1) is 0 Å². The first-order chi connectivity index (χ1) is 10.1. The molecular weight excluding hydrogens is 274 g/mol. The monoisotopic (exact) mass is 291 g/mol. The van der Waals surface area contributed by atoms with Gasteiger partial charge in [-0.3, -0.25) is 25.1 Å². The zero-order valence-corrected chi connectivity index (χ0v) is 11.7. The van der Waals surface area contributed by atoms with E-state index in [9.17, 15) is 14.9 Å². The van der Waals surface area contributed by atoms with E-state index in [-0.39, 0.29) is 17.9 Å². The number of hydrogen-bond acceptors (Lipinski definition) is 5. The summed E-state index contributed by atoms with van der Waals surface area (Å²) in [6, 6.07) is 4.31. The molecule has 8 heteroatoms. The van der Waals surface area contributed by atoms with Crippen molar-refractivity contribution in [3.05, 3.63) is 56.8 Å². The molecule has 0 saturated heterocycles. The Morgan fingerprint density at radius 2 is 2.05 bits per heavy atom. The summed E-state index contributed by atoms with van der Waals surface area (Å²) in [5.41, 5.74) is 3.44. The number of nitrogens with one attached hydrogen (secondary N) is 1. The second-order valence-corrected chi connectivity index (χ2v) is 4.64. The SMILES string of the molecule is CCCn1ccn(Cc2cc([N+](=O)[O-])ccc2NN)c1=O. The first-order valence-electron chi connectivity index (χ1n) is 6.56. The molecule has 0 aliphatic rings. The van der Waals surface area contributed by atoms with Crippen LogP contribution in [-0.4, -0.2) is 14.1 Å². The van der Waals surface area contributed by atoms with Gasteiger partial charge < -0.3 is 5.43 Å². The van der Waals surface area contributed by atoms with Crippen LogP contribution in [0.1, 0.15) is 18.9 Å². The van der Waals surface area contributed by atoms with Crippen molar-refractivity contribution >= 4 is 11.4 Å². The van der Waals surface area contributed by atoms with E-state index in [1.54, 1.807) is 17.0 Å². The Labute approximate surface area is 120 Å². The minimum atomic E-state index is -0.477. The number of aromatic nitrogens is 2. The Hall–Kier alpha value is -2.61. The van der Waals surface area contributed by atoms with Crippen LogP contribution in [0.3, 0.4) is 0 Å². The van der Waals surface area contributed by atoms with Crippen molar-refractivity contribution in [1.29, 1.82) is 0 Å². The molecule has 0 aliphatic carbocycles. The highest BCUT2D eigenvalue weighted by molar-refractivity contribution is 5.55. The van der Waals surface area contributed by atoms with Crippen LogP contribution >= 0.6 is 0 Å². The van der Waals surface area contributed by atoms with Gasteiger partial charge in [0, 0.05) is 36.6 Å². The van der Waals surface area contributed by atoms with E-state index in [0.29, 0.717) is 17.8 Å². The van der Waals surface area contributed by atoms with Crippen LogP contribution < -0.4 is 17.0 Å². The lowest BCUT2D eigenvalue weighted by atomic mass is 10.1. The quantitative estimate of drug-likeness (QED) is 0.474. The second kappa shape index (κ2) is 6.23. The van der Waals surface area contributed by atoms with Crippen molar-refractivity contribution in [1.82, 2.24) is 9.13 Å². The lowest BCUT2D eigenvalue weighted by Crippen LogP contribution is -2.25. The fraction of sp³-hybridized carbons (Fsp3) is 0.308. The first kappa shape index (κ1) is 14.8. The van der Waals surface area contributed by atoms with E-state index < -0.39 is 4.92 Å². The van der Waals surface area contributed by atoms with Gasteiger partial charge in [0.15, 0.2) is 0 Å². The molecule has 1 aromatic carbocycles. The molecule has 2 aromatic rings. The van der Waals surface area contributed by atoms with E-state index in [2.05, 4.69) is 5.43 Å². The van der Waals surface area contributed by atoms with Gasteiger partial charge in [0.2, 0.25) is 0 Å². The number of benzene rings is 1. The summed E-state index contributed by atoms with van der Waals surface area (Å²) in [4.78, 5) is 22.5. The number of anilines is 1. The number of imidazole rings is 1. The van der Waals surface area contributed by atoms with Crippen LogP contribution in [0.25, 0.3) is 0 Å². The standard InChI is InChI=1S/C13H17N5O3/c1-2-5-16-6-7-17(13(16)19)9-10-8-11(18(20)21)3-4-12(10)15-14/h3-4,6-8,15H,2,5,9,14H2,1H3. The van der Waals surface area contributed by atoms with E-state index in [0.717, 1.165) is 6.42 Å². The van der Waals surface area contributed by atoms with E-state index in [1.807, 2.05) is 6.92 Å². The second-order valence-electron chi connectivity index (χ2n) is 4.64. The third kappa shape index (κ3) is 3.11. The molecule has 8 nitrogen and oxygen atoms in total. The predicted octanol–water partition coefficient (Wildman–Crippen LogP) is 1.30. The Morgan fingerprint density at radius 1 is 1.33 bits per heavy atom. The summed E-state index contributed by atoms with van der Waals surface area (Å²) in [7, 11) is 0. The number of hydrazine groups is 1. The van der Waals surface area contributed by atoms with Gasteiger partial charge in [-0.05, 0) is 12.5 Å². The highest BCUT2D eigenvalue weighted by atomic mass is 16.6. The van der Waals surface area contributed by atoms with E-state index in [4.69, 9.17) is 5.84 Å². The smallest absolute Gasteiger partial charge is 0.324 e. The Kier molecular flexibility index (Phi) is 4.39. The molecule has 0 amide bonds. The molecule has 0 bridgehead atoms. The van der Waals surface area contributed by atoms with Gasteiger partial charge in [0.1, 0.15) is 0 Å². The normalized spacial score (nSPS) is 10.6. The molecular formula is C13H17N5O3. The molecule has 1 heterocycles. The van der Waals surface area contributed by atoms with Crippen molar-refractivity contribution in [2.75, 3.05) is 5.43 Å². The Bertz CT molecular complexity index is 704. The number of nitro benzene ring substituents is 1. The van der Waals surface area contributed by atoms with Crippen molar-refractivity contribution in [3.63, 3.8) is 0 Å². The molecule has 0 radical (unpaired) electrons. The molecule has 0 aliphatic heterocycles. The van der Waals surface area contributed by atoms with Gasteiger partial charge >= 0.3 is 5.69 Å². The van der Waals surface area contributed by atoms with Crippen LogP contribution in [0.2, 0.25) is 0 Å². The summed E-state index contributed by atoms with van der Waals surface area (Å²) in [6.07, 6.45) is 4.23. The molecule has 21 heavy (non-hydrogen) atoms. The van der Waals surface area contributed by atoms with Crippen molar-refractivity contribution in [2.24, 2.45) is 5.84 Å². The Balaban J connectivity index is 2.36. The maximum atomic E-state index is 12.1. The molecule has 0 unspecified atom stereocenters. The van der Waals surface area contributed by atoms with Crippen molar-refractivity contribution in [2.45, 2.75) is 26.4 Å². The van der Waals surface area contributed by atoms with Crippen LogP contribution in [0, 0.1) is 10.1 Å². The number of nitrogens with two attached hydrogens (primary N) is 1. The van der Waals surface area contributed by atoms with Crippen molar-refractivity contribution in [3.8, 4) is 0 Å². The molecule has 112 valence electrons. The summed E-state index contributed by atoms with van der Waals surface area (Å²) < 4.78 is 3.10. The van der Waals surface area contributed by atoms with Crippen LogP contribution in [0.15, 0.2) is 35.4 Å². The highest BCUT2D eigenvalue weighted by Crippen LogP contribution is 2.22. The highest BCUT2D eigenvalue weighted by Gasteiger charge is 2.12. The van der Waals surface area contributed by atoms with Crippen LogP contribution in [-0.2, 0) is 13.1 Å². The Morgan fingerprint density at radius 3 is 2.67 bits per heavy atom. The summed E-state index contributed by atoms with van der Waals surface area (Å²) in [5.74, 6) is 5.41. The molecule has 0 atom stereocenters. The number of rotatable bonds is 6. The fourth-order valence-electron chi connectivity index (χ4n) is 2.13. The largest absolute Gasteiger partial charge is 0.328 e. The molecule has 1 aromatic heterocycles. The zero-order chi connectivity index (χ0) is 15.4.